The summed E-state index contributed by atoms with van der Waals surface area (Å²) in [7, 11) is 1.64. The molecule has 2 aromatic carbocycles. The lowest BCUT2D eigenvalue weighted by atomic mass is 10.1. The first-order valence-corrected chi connectivity index (χ1v) is 12.4. The van der Waals surface area contributed by atoms with Crippen molar-refractivity contribution in [3.63, 3.8) is 0 Å². The molecule has 0 atom stereocenters. The van der Waals surface area contributed by atoms with Crippen LogP contribution in [0.2, 0.25) is 0 Å². The number of nitriles is 1. The second-order valence-corrected chi connectivity index (χ2v) is 8.99. The number of benzene rings is 2. The van der Waals surface area contributed by atoms with E-state index < -0.39 is 0 Å². The van der Waals surface area contributed by atoms with Gasteiger partial charge in [0.2, 0.25) is 5.91 Å². The van der Waals surface area contributed by atoms with E-state index in [4.69, 9.17) is 10.00 Å². The lowest BCUT2D eigenvalue weighted by Gasteiger charge is -2.22. The number of rotatable bonds is 11. The number of methoxy groups -OCH3 is 1. The molecule has 0 unspecified atom stereocenters. The fourth-order valence-electron chi connectivity index (χ4n) is 3.52. The highest BCUT2D eigenvalue weighted by molar-refractivity contribution is 7.99. The number of unbranched alkanes of at least 4 members (excludes halogenated alkanes) is 1. The molecular formula is C26H31N5O2S. The maximum Gasteiger partial charge on any atom is 0.237 e. The molecule has 0 saturated heterocycles. The minimum absolute atomic E-state index is 0.0560. The Morgan fingerprint density at radius 1 is 1.15 bits per heavy atom. The van der Waals surface area contributed by atoms with Gasteiger partial charge >= 0.3 is 0 Å². The molecule has 0 N–H and O–H groups in total. The summed E-state index contributed by atoms with van der Waals surface area (Å²) < 4.78 is 7.34. The van der Waals surface area contributed by atoms with E-state index in [0.717, 1.165) is 47.8 Å². The van der Waals surface area contributed by atoms with Gasteiger partial charge in [0.15, 0.2) is 11.0 Å². The zero-order valence-corrected chi connectivity index (χ0v) is 21.1. The summed E-state index contributed by atoms with van der Waals surface area (Å²) in [6.07, 6.45) is 2.30. The average molecular weight is 478 g/mol. The number of hydrogen-bond donors (Lipinski definition) is 0. The van der Waals surface area contributed by atoms with Gasteiger partial charge in [-0.05, 0) is 67.8 Å². The number of aromatic nitrogens is 3. The van der Waals surface area contributed by atoms with Crippen molar-refractivity contribution in [2.24, 2.45) is 0 Å². The van der Waals surface area contributed by atoms with Crippen LogP contribution in [0.25, 0.3) is 11.4 Å². The number of carbonyl (C=O) groups excluding carboxylic acids is 1. The van der Waals surface area contributed by atoms with E-state index >= 15 is 0 Å². The summed E-state index contributed by atoms with van der Waals surface area (Å²) in [4.78, 5) is 14.9. The Hall–Kier alpha value is -3.31. The van der Waals surface area contributed by atoms with Gasteiger partial charge in [-0.2, -0.15) is 5.26 Å². The molecule has 0 aliphatic carbocycles. The Morgan fingerprint density at radius 2 is 1.91 bits per heavy atom. The quantitative estimate of drug-likeness (QED) is 0.343. The van der Waals surface area contributed by atoms with Crippen molar-refractivity contribution >= 4 is 23.4 Å². The van der Waals surface area contributed by atoms with Gasteiger partial charge in [-0.3, -0.25) is 4.79 Å². The van der Waals surface area contributed by atoms with Crippen molar-refractivity contribution in [1.29, 1.82) is 5.26 Å². The molecule has 0 saturated carbocycles. The third-order valence-corrected chi connectivity index (χ3v) is 6.63. The van der Waals surface area contributed by atoms with Crippen molar-refractivity contribution in [3.8, 4) is 23.2 Å². The van der Waals surface area contributed by atoms with Gasteiger partial charge in [-0.25, -0.2) is 0 Å². The summed E-state index contributed by atoms with van der Waals surface area (Å²) in [6, 6.07) is 15.8. The number of anilines is 1. The van der Waals surface area contributed by atoms with Gasteiger partial charge in [0.1, 0.15) is 5.75 Å². The first-order chi connectivity index (χ1) is 16.5. The van der Waals surface area contributed by atoms with E-state index in [1.165, 1.54) is 17.3 Å². The van der Waals surface area contributed by atoms with E-state index in [1.54, 1.807) is 12.0 Å². The molecule has 7 nitrogen and oxygen atoms in total. The molecular weight excluding hydrogens is 446 g/mol. The van der Waals surface area contributed by atoms with Gasteiger partial charge in [-0.15, -0.1) is 10.2 Å². The van der Waals surface area contributed by atoms with Crippen molar-refractivity contribution in [1.82, 2.24) is 14.8 Å². The SMILES string of the molecule is CCCCn1c(SCC(=O)N(CCC#N)c2ccc(C)c(C)c2)nnc1-c1ccc(OC)cc1. The number of ether oxygens (including phenoxy) is 1. The molecule has 0 bridgehead atoms. The summed E-state index contributed by atoms with van der Waals surface area (Å²) in [5.41, 5.74) is 4.05. The number of thioether (sulfide) groups is 1. The topological polar surface area (TPSA) is 84.0 Å². The molecule has 3 aromatic rings. The van der Waals surface area contributed by atoms with Crippen molar-refractivity contribution in [3.05, 3.63) is 53.6 Å². The minimum Gasteiger partial charge on any atom is -0.497 e. The predicted molar refractivity (Wildman–Crippen MR) is 136 cm³/mol. The van der Waals surface area contributed by atoms with Gasteiger partial charge in [0, 0.05) is 24.3 Å². The Bertz CT molecular complexity index is 1150. The van der Waals surface area contributed by atoms with E-state index in [9.17, 15) is 4.79 Å². The highest BCUT2D eigenvalue weighted by Crippen LogP contribution is 2.27. The van der Waals surface area contributed by atoms with Crippen LogP contribution in [0.1, 0.15) is 37.3 Å². The third kappa shape index (κ3) is 6.17. The first kappa shape index (κ1) is 25.3. The lowest BCUT2D eigenvalue weighted by Crippen LogP contribution is -2.33. The normalized spacial score (nSPS) is 10.7. The average Bonchev–Trinajstić information content (AvgIpc) is 3.26. The number of carbonyl (C=O) groups is 1. The molecule has 0 aliphatic heterocycles. The maximum atomic E-state index is 13.2. The molecule has 0 radical (unpaired) electrons. The number of hydrogen-bond acceptors (Lipinski definition) is 6. The smallest absolute Gasteiger partial charge is 0.237 e. The molecule has 3 rings (SSSR count). The van der Waals surface area contributed by atoms with Crippen molar-refractivity contribution < 1.29 is 9.53 Å². The van der Waals surface area contributed by atoms with E-state index in [0.29, 0.717) is 11.7 Å². The first-order valence-electron chi connectivity index (χ1n) is 11.4. The fraction of sp³-hybridized carbons (Fsp3) is 0.385. The van der Waals surface area contributed by atoms with Crippen LogP contribution >= 0.6 is 11.8 Å². The molecule has 34 heavy (non-hydrogen) atoms. The third-order valence-electron chi connectivity index (χ3n) is 5.68. The second-order valence-electron chi connectivity index (χ2n) is 8.05. The Balaban J connectivity index is 1.81. The van der Waals surface area contributed by atoms with Crippen LogP contribution in [0.15, 0.2) is 47.6 Å². The van der Waals surface area contributed by atoms with Crippen LogP contribution in [0.5, 0.6) is 5.75 Å². The van der Waals surface area contributed by atoms with Gasteiger partial charge < -0.3 is 14.2 Å². The predicted octanol–water partition coefficient (Wildman–Crippen LogP) is 5.41. The van der Waals surface area contributed by atoms with E-state index in [2.05, 4.69) is 27.8 Å². The van der Waals surface area contributed by atoms with Crippen LogP contribution in [0.3, 0.4) is 0 Å². The monoisotopic (exact) mass is 477 g/mol. The Kier molecular flexibility index (Phi) is 9.11. The molecule has 0 spiro atoms. The highest BCUT2D eigenvalue weighted by Gasteiger charge is 2.20. The zero-order chi connectivity index (χ0) is 24.5. The standard InChI is InChI=1S/C26H31N5O2S/c1-5-6-15-31-25(21-9-12-23(33-4)13-10-21)28-29-26(31)34-18-24(32)30(16-7-14-27)22-11-8-19(2)20(3)17-22/h8-13,17H,5-7,15-16,18H2,1-4H3. The van der Waals surface area contributed by atoms with Gasteiger partial charge in [0.05, 0.1) is 25.4 Å². The van der Waals surface area contributed by atoms with Crippen LogP contribution in [-0.2, 0) is 11.3 Å². The summed E-state index contributed by atoms with van der Waals surface area (Å²) >= 11 is 1.38. The van der Waals surface area contributed by atoms with Crippen LogP contribution in [-0.4, -0.2) is 40.1 Å². The van der Waals surface area contributed by atoms with Crippen molar-refractivity contribution in [2.75, 3.05) is 24.3 Å². The van der Waals surface area contributed by atoms with Crippen LogP contribution < -0.4 is 9.64 Å². The molecule has 1 aromatic heterocycles. The van der Waals surface area contributed by atoms with Crippen LogP contribution in [0.4, 0.5) is 5.69 Å². The van der Waals surface area contributed by atoms with Gasteiger partial charge in [0.25, 0.3) is 0 Å². The number of aryl methyl sites for hydroxylation is 2. The lowest BCUT2D eigenvalue weighted by molar-refractivity contribution is -0.116. The molecule has 0 fully saturated rings. The van der Waals surface area contributed by atoms with Crippen molar-refractivity contribution in [2.45, 2.75) is 51.7 Å². The Labute approximate surface area is 205 Å². The molecule has 178 valence electrons. The molecule has 1 heterocycles. The molecule has 0 aliphatic rings. The minimum atomic E-state index is -0.0560. The fourth-order valence-corrected chi connectivity index (χ4v) is 4.36. The van der Waals surface area contributed by atoms with Crippen LogP contribution in [0, 0.1) is 25.2 Å². The largest absolute Gasteiger partial charge is 0.497 e. The molecule has 1 amide bonds. The summed E-state index contributed by atoms with van der Waals surface area (Å²) in [6.45, 7) is 7.34. The number of nitrogens with zero attached hydrogens (tertiary/aromatic N) is 5. The second kappa shape index (κ2) is 12.2. The summed E-state index contributed by atoms with van der Waals surface area (Å²) in [5, 5.41) is 18.6. The van der Waals surface area contributed by atoms with E-state index in [-0.39, 0.29) is 18.1 Å². The van der Waals surface area contributed by atoms with E-state index in [1.807, 2.05) is 56.3 Å². The summed E-state index contributed by atoms with van der Waals surface area (Å²) in [5.74, 6) is 1.72. The Morgan fingerprint density at radius 3 is 2.56 bits per heavy atom. The number of amides is 1. The molecule has 8 heteroatoms. The highest BCUT2D eigenvalue weighted by atomic mass is 32.2. The van der Waals surface area contributed by atoms with Gasteiger partial charge in [-0.1, -0.05) is 31.2 Å². The maximum absolute atomic E-state index is 13.2. The zero-order valence-electron chi connectivity index (χ0n) is 20.2.